The van der Waals surface area contributed by atoms with Crippen LogP contribution in [0.25, 0.3) is 0 Å². The van der Waals surface area contributed by atoms with Crippen molar-refractivity contribution in [1.29, 1.82) is 5.41 Å². The average Bonchev–Trinajstić information content (AvgIpc) is 2.88. The normalized spacial score (nSPS) is 16.4. The minimum atomic E-state index is 0.586. The molecule has 1 aromatic rings. The number of hydrogen-bond donors (Lipinski definition) is 2. The van der Waals surface area contributed by atoms with Gasteiger partial charge in [-0.2, -0.15) is 0 Å². The van der Waals surface area contributed by atoms with Gasteiger partial charge >= 0.3 is 0 Å². The first-order valence-electron chi connectivity index (χ1n) is 8.93. The molecule has 0 atom stereocenters. The third-order valence-corrected chi connectivity index (χ3v) is 4.39. The molecular formula is C18H32N4. The summed E-state index contributed by atoms with van der Waals surface area (Å²) in [4.78, 5) is 4.96. The Morgan fingerprint density at radius 2 is 2.09 bits per heavy atom. The van der Waals surface area contributed by atoms with Crippen molar-refractivity contribution in [2.75, 3.05) is 13.1 Å². The van der Waals surface area contributed by atoms with Gasteiger partial charge in [-0.05, 0) is 44.7 Å². The van der Waals surface area contributed by atoms with Gasteiger partial charge in [0.15, 0.2) is 0 Å². The minimum absolute atomic E-state index is 0.586. The summed E-state index contributed by atoms with van der Waals surface area (Å²) in [5, 5.41) is 11.5. The molecule has 0 amide bonds. The van der Waals surface area contributed by atoms with Gasteiger partial charge in [0.25, 0.3) is 0 Å². The molecule has 1 aliphatic heterocycles. The van der Waals surface area contributed by atoms with Crippen molar-refractivity contribution < 1.29 is 0 Å². The molecule has 1 saturated heterocycles. The monoisotopic (exact) mass is 304 g/mol. The average molecular weight is 304 g/mol. The molecule has 0 saturated carbocycles. The van der Waals surface area contributed by atoms with E-state index >= 15 is 0 Å². The van der Waals surface area contributed by atoms with E-state index in [2.05, 4.69) is 36.9 Å². The number of hydrogen-bond acceptors (Lipinski definition) is 3. The summed E-state index contributed by atoms with van der Waals surface area (Å²) in [5.74, 6) is 2.49. The number of nitrogens with one attached hydrogen (secondary N) is 2. The van der Waals surface area contributed by atoms with Crippen molar-refractivity contribution in [3.63, 3.8) is 0 Å². The van der Waals surface area contributed by atoms with Crippen LogP contribution >= 0.6 is 0 Å². The molecular weight excluding hydrogens is 272 g/mol. The predicted molar refractivity (Wildman–Crippen MR) is 92.9 cm³/mol. The van der Waals surface area contributed by atoms with Crippen molar-refractivity contribution in [2.45, 2.75) is 71.8 Å². The Kier molecular flexibility index (Phi) is 6.62. The highest BCUT2D eigenvalue weighted by atomic mass is 15.1. The van der Waals surface area contributed by atoms with Gasteiger partial charge in [-0.1, -0.05) is 27.2 Å². The Balaban J connectivity index is 2.09. The first-order valence-corrected chi connectivity index (χ1v) is 8.93. The third kappa shape index (κ3) is 4.94. The van der Waals surface area contributed by atoms with Crippen LogP contribution in [0.4, 0.5) is 0 Å². The van der Waals surface area contributed by atoms with Gasteiger partial charge in [-0.15, -0.1) is 0 Å². The fourth-order valence-electron chi connectivity index (χ4n) is 3.27. The molecule has 0 aromatic carbocycles. The molecule has 4 heteroatoms. The topological polar surface area (TPSA) is 53.7 Å². The Morgan fingerprint density at radius 3 is 2.73 bits per heavy atom. The maximum absolute atomic E-state index is 8.03. The predicted octanol–water partition coefficient (Wildman–Crippen LogP) is 3.76. The second kappa shape index (κ2) is 8.47. The van der Waals surface area contributed by atoms with Crippen LogP contribution in [-0.4, -0.2) is 28.4 Å². The highest BCUT2D eigenvalue weighted by molar-refractivity contribution is 5.81. The van der Waals surface area contributed by atoms with Crippen molar-refractivity contribution in [3.8, 4) is 0 Å². The molecule has 124 valence electrons. The van der Waals surface area contributed by atoms with Crippen LogP contribution in [-0.2, 0) is 13.0 Å². The summed E-state index contributed by atoms with van der Waals surface area (Å²) in [5.41, 5.74) is 2.10. The molecule has 0 bridgehead atoms. The van der Waals surface area contributed by atoms with E-state index in [-0.39, 0.29) is 0 Å². The number of nitrogens with zero attached hydrogens (tertiary/aromatic N) is 2. The van der Waals surface area contributed by atoms with Crippen LogP contribution in [0.2, 0.25) is 0 Å². The zero-order valence-corrected chi connectivity index (χ0v) is 14.5. The van der Waals surface area contributed by atoms with E-state index in [0.29, 0.717) is 11.8 Å². The molecule has 2 rings (SSSR count). The number of rotatable bonds is 8. The number of aryl methyl sites for hydroxylation is 1. The third-order valence-electron chi connectivity index (χ3n) is 4.39. The maximum Gasteiger partial charge on any atom is 0.112 e. The molecule has 1 aliphatic rings. The van der Waals surface area contributed by atoms with Gasteiger partial charge in [0.2, 0.25) is 0 Å². The van der Waals surface area contributed by atoms with Crippen LogP contribution in [0.5, 0.6) is 0 Å². The Hall–Kier alpha value is -1.16. The Labute approximate surface area is 135 Å². The van der Waals surface area contributed by atoms with Crippen LogP contribution < -0.4 is 5.32 Å². The lowest BCUT2D eigenvalue weighted by Gasteiger charge is -2.23. The first-order chi connectivity index (χ1) is 10.6. The molecule has 1 aromatic heterocycles. The highest BCUT2D eigenvalue weighted by Crippen LogP contribution is 2.25. The number of aromatic nitrogens is 2. The zero-order valence-electron chi connectivity index (χ0n) is 14.5. The van der Waals surface area contributed by atoms with Crippen LogP contribution in [0.15, 0.2) is 6.20 Å². The quantitative estimate of drug-likeness (QED) is 0.719. The van der Waals surface area contributed by atoms with E-state index in [9.17, 15) is 0 Å². The largest absolute Gasteiger partial charge is 0.334 e. The molecule has 0 aliphatic carbocycles. The minimum Gasteiger partial charge on any atom is -0.334 e. The Morgan fingerprint density at radius 1 is 1.36 bits per heavy atom. The van der Waals surface area contributed by atoms with Gasteiger partial charge in [0.05, 0.1) is 5.69 Å². The van der Waals surface area contributed by atoms with Crippen LogP contribution in [0.3, 0.4) is 0 Å². The van der Waals surface area contributed by atoms with E-state index < -0.39 is 0 Å². The molecule has 0 unspecified atom stereocenters. The SMILES string of the molecule is CCCC(=N)CCn1cc(CC(C)C)nc1C1CCNCC1. The fraction of sp³-hybridized carbons (Fsp3) is 0.778. The van der Waals surface area contributed by atoms with Crippen molar-refractivity contribution in [2.24, 2.45) is 5.92 Å². The van der Waals surface area contributed by atoms with E-state index in [0.717, 1.165) is 51.0 Å². The summed E-state index contributed by atoms with van der Waals surface area (Å²) in [7, 11) is 0. The second-order valence-electron chi connectivity index (χ2n) is 7.01. The molecule has 4 nitrogen and oxygen atoms in total. The lowest BCUT2D eigenvalue weighted by atomic mass is 9.97. The van der Waals surface area contributed by atoms with E-state index in [1.807, 2.05) is 0 Å². The molecule has 1 fully saturated rings. The van der Waals surface area contributed by atoms with Gasteiger partial charge in [-0.3, -0.25) is 0 Å². The Bertz CT molecular complexity index is 469. The smallest absolute Gasteiger partial charge is 0.112 e. The van der Waals surface area contributed by atoms with E-state index in [1.165, 1.54) is 24.4 Å². The molecule has 2 N–H and O–H groups in total. The van der Waals surface area contributed by atoms with Crippen molar-refractivity contribution in [3.05, 3.63) is 17.7 Å². The summed E-state index contributed by atoms with van der Waals surface area (Å²) in [6.07, 6.45) is 8.53. The summed E-state index contributed by atoms with van der Waals surface area (Å²) in [6.45, 7) is 9.77. The standard InChI is InChI=1S/C18H32N4/c1-4-5-16(19)8-11-22-13-17(12-14(2)3)21-18(22)15-6-9-20-10-7-15/h13-15,19-20H,4-12H2,1-3H3. The maximum atomic E-state index is 8.03. The van der Waals surface area contributed by atoms with Crippen LogP contribution in [0, 0.1) is 11.3 Å². The lowest BCUT2D eigenvalue weighted by molar-refractivity contribution is 0.430. The van der Waals surface area contributed by atoms with E-state index in [4.69, 9.17) is 10.4 Å². The van der Waals surface area contributed by atoms with Crippen molar-refractivity contribution in [1.82, 2.24) is 14.9 Å². The lowest BCUT2D eigenvalue weighted by Crippen LogP contribution is -2.28. The molecule has 0 radical (unpaired) electrons. The van der Waals surface area contributed by atoms with Gasteiger partial charge in [0, 0.05) is 30.8 Å². The fourth-order valence-corrected chi connectivity index (χ4v) is 3.27. The first kappa shape index (κ1) is 17.2. The molecule has 2 heterocycles. The van der Waals surface area contributed by atoms with Crippen molar-refractivity contribution >= 4 is 5.71 Å². The van der Waals surface area contributed by atoms with Gasteiger partial charge in [0.1, 0.15) is 5.82 Å². The van der Waals surface area contributed by atoms with E-state index in [1.54, 1.807) is 0 Å². The number of piperidine rings is 1. The summed E-state index contributed by atoms with van der Waals surface area (Å²) < 4.78 is 2.35. The number of imidazole rings is 1. The van der Waals surface area contributed by atoms with Crippen LogP contribution in [0.1, 0.15) is 70.3 Å². The van der Waals surface area contributed by atoms with Gasteiger partial charge in [-0.25, -0.2) is 4.98 Å². The van der Waals surface area contributed by atoms with Gasteiger partial charge < -0.3 is 15.3 Å². The molecule has 0 spiro atoms. The highest BCUT2D eigenvalue weighted by Gasteiger charge is 2.21. The summed E-state index contributed by atoms with van der Waals surface area (Å²) in [6, 6.07) is 0. The second-order valence-corrected chi connectivity index (χ2v) is 7.01. The summed E-state index contributed by atoms with van der Waals surface area (Å²) >= 11 is 0. The molecule has 22 heavy (non-hydrogen) atoms. The zero-order chi connectivity index (χ0) is 15.9.